The van der Waals surface area contributed by atoms with Crippen LogP contribution in [0.2, 0.25) is 0 Å². The molecular weight excluding hydrogens is 367 g/mol. The lowest BCUT2D eigenvalue weighted by Crippen LogP contribution is -2.20. The monoisotopic (exact) mass is 384 g/mol. The zero-order valence-electron chi connectivity index (χ0n) is 13.4. The van der Waals surface area contributed by atoms with Crippen molar-refractivity contribution in [2.45, 2.75) is 25.0 Å². The molecule has 134 valence electrons. The van der Waals surface area contributed by atoms with Gasteiger partial charge in [0.05, 0.1) is 5.38 Å². The van der Waals surface area contributed by atoms with Gasteiger partial charge in [0.15, 0.2) is 5.13 Å². The summed E-state index contributed by atoms with van der Waals surface area (Å²) in [6, 6.07) is 5.10. The number of halogens is 1. The molecule has 25 heavy (non-hydrogen) atoms. The van der Waals surface area contributed by atoms with Crippen molar-refractivity contribution in [2.24, 2.45) is 0 Å². The van der Waals surface area contributed by atoms with Gasteiger partial charge in [-0.05, 0) is 24.1 Å². The molecule has 0 saturated heterocycles. The van der Waals surface area contributed by atoms with Crippen LogP contribution in [0.5, 0.6) is 5.88 Å². The number of carbonyl (C=O) groups excluding carboxylic acids is 1. The SMILES string of the molecule is C=CC(c1ccc(F)cc1)S(=O)(=O)Nc1nc(OC(=O)CCC)cs1. The maximum Gasteiger partial charge on any atom is 0.312 e. The molecule has 1 heterocycles. The Bertz CT molecular complexity index is 847. The van der Waals surface area contributed by atoms with Crippen LogP contribution in [0.3, 0.4) is 0 Å². The normalized spacial score (nSPS) is 12.4. The number of nitrogens with zero attached hydrogens (tertiary/aromatic N) is 1. The quantitative estimate of drug-likeness (QED) is 0.555. The summed E-state index contributed by atoms with van der Waals surface area (Å²) in [5.74, 6) is -0.856. The number of sulfonamides is 1. The van der Waals surface area contributed by atoms with Gasteiger partial charge in [-0.2, -0.15) is 4.98 Å². The number of ether oxygens (including phenoxy) is 1. The lowest BCUT2D eigenvalue weighted by atomic mass is 10.1. The standard InChI is InChI=1S/C16H17FN2O4S2/c1-3-5-15(20)23-14-10-24-16(18-14)19-25(21,22)13(4-2)11-6-8-12(17)9-7-11/h4,6-10,13H,2-3,5H2,1H3,(H,18,19). The zero-order valence-corrected chi connectivity index (χ0v) is 15.1. The first-order valence-corrected chi connectivity index (χ1v) is 9.84. The van der Waals surface area contributed by atoms with Crippen LogP contribution in [0.4, 0.5) is 9.52 Å². The first kappa shape index (κ1) is 19.1. The molecule has 1 N–H and O–H groups in total. The summed E-state index contributed by atoms with van der Waals surface area (Å²) in [6.45, 7) is 5.37. The number of carbonyl (C=O) groups is 1. The summed E-state index contributed by atoms with van der Waals surface area (Å²) in [6.07, 6.45) is 2.13. The van der Waals surface area contributed by atoms with Crippen LogP contribution >= 0.6 is 11.3 Å². The van der Waals surface area contributed by atoms with Gasteiger partial charge in [0, 0.05) is 6.42 Å². The van der Waals surface area contributed by atoms with Gasteiger partial charge >= 0.3 is 5.97 Å². The number of benzene rings is 1. The molecular formula is C16H17FN2O4S2. The molecule has 0 aliphatic heterocycles. The van der Waals surface area contributed by atoms with Crippen molar-refractivity contribution in [1.29, 1.82) is 0 Å². The summed E-state index contributed by atoms with van der Waals surface area (Å²) in [4.78, 5) is 15.4. The molecule has 1 aromatic carbocycles. The van der Waals surface area contributed by atoms with E-state index in [0.29, 0.717) is 12.0 Å². The minimum atomic E-state index is -3.90. The summed E-state index contributed by atoms with van der Waals surface area (Å²) in [5, 5.41) is 0.419. The number of nitrogens with one attached hydrogen (secondary N) is 1. The van der Waals surface area contributed by atoms with Gasteiger partial charge in [-0.1, -0.05) is 25.1 Å². The number of rotatable bonds is 8. The maximum atomic E-state index is 13.0. The molecule has 0 saturated carbocycles. The molecule has 0 aliphatic carbocycles. The summed E-state index contributed by atoms with van der Waals surface area (Å²) in [7, 11) is -3.90. The van der Waals surface area contributed by atoms with Gasteiger partial charge in [0.25, 0.3) is 0 Å². The number of hydrogen-bond acceptors (Lipinski definition) is 6. The van der Waals surface area contributed by atoms with Crippen LogP contribution in [-0.2, 0) is 14.8 Å². The predicted octanol–water partition coefficient (Wildman–Crippen LogP) is 3.66. The fourth-order valence-electron chi connectivity index (χ4n) is 2.00. The number of thiazole rings is 1. The Labute approximate surface area is 149 Å². The summed E-state index contributed by atoms with van der Waals surface area (Å²) >= 11 is 0.989. The van der Waals surface area contributed by atoms with E-state index in [1.54, 1.807) is 0 Å². The van der Waals surface area contributed by atoms with E-state index in [2.05, 4.69) is 16.3 Å². The largest absolute Gasteiger partial charge is 0.406 e. The molecule has 1 unspecified atom stereocenters. The summed E-state index contributed by atoms with van der Waals surface area (Å²) < 4.78 is 45.4. The average Bonchev–Trinajstić information content (AvgIpc) is 2.96. The zero-order chi connectivity index (χ0) is 18.4. The molecule has 1 atom stereocenters. The highest BCUT2D eigenvalue weighted by atomic mass is 32.2. The van der Waals surface area contributed by atoms with Crippen LogP contribution in [-0.4, -0.2) is 19.4 Å². The van der Waals surface area contributed by atoms with Crippen molar-refractivity contribution in [3.63, 3.8) is 0 Å². The molecule has 9 heteroatoms. The van der Waals surface area contributed by atoms with Crippen molar-refractivity contribution in [2.75, 3.05) is 4.72 Å². The number of aromatic nitrogens is 1. The first-order valence-electron chi connectivity index (χ1n) is 7.41. The van der Waals surface area contributed by atoms with E-state index in [1.165, 1.54) is 35.7 Å². The van der Waals surface area contributed by atoms with Crippen LogP contribution in [0.25, 0.3) is 0 Å². The molecule has 6 nitrogen and oxygen atoms in total. The van der Waals surface area contributed by atoms with E-state index >= 15 is 0 Å². The van der Waals surface area contributed by atoms with Crippen LogP contribution in [0, 0.1) is 5.82 Å². The van der Waals surface area contributed by atoms with Crippen LogP contribution < -0.4 is 9.46 Å². The molecule has 2 rings (SSSR count). The number of esters is 1. The van der Waals surface area contributed by atoms with E-state index < -0.39 is 27.1 Å². The maximum absolute atomic E-state index is 13.0. The Balaban J connectivity index is 2.14. The van der Waals surface area contributed by atoms with Crippen LogP contribution in [0.15, 0.2) is 42.3 Å². The average molecular weight is 384 g/mol. The molecule has 0 fully saturated rings. The van der Waals surface area contributed by atoms with E-state index in [1.807, 2.05) is 6.92 Å². The van der Waals surface area contributed by atoms with Crippen molar-refractivity contribution in [3.05, 3.63) is 53.7 Å². The Kier molecular flexibility index (Phi) is 6.27. The topological polar surface area (TPSA) is 85.4 Å². The minimum Gasteiger partial charge on any atom is -0.406 e. The van der Waals surface area contributed by atoms with Gasteiger partial charge in [0.2, 0.25) is 15.9 Å². The van der Waals surface area contributed by atoms with E-state index in [0.717, 1.165) is 11.3 Å². The van der Waals surface area contributed by atoms with Gasteiger partial charge in [-0.25, -0.2) is 12.8 Å². The van der Waals surface area contributed by atoms with Gasteiger partial charge < -0.3 is 4.74 Å². The van der Waals surface area contributed by atoms with Gasteiger partial charge in [-0.15, -0.1) is 17.9 Å². The predicted molar refractivity (Wildman–Crippen MR) is 94.5 cm³/mol. The third kappa shape index (κ3) is 5.10. The van der Waals surface area contributed by atoms with E-state index in [9.17, 15) is 17.6 Å². The van der Waals surface area contributed by atoms with Crippen molar-refractivity contribution in [3.8, 4) is 5.88 Å². The lowest BCUT2D eigenvalue weighted by molar-refractivity contribution is -0.134. The second-order valence-electron chi connectivity index (χ2n) is 5.07. The van der Waals surface area contributed by atoms with E-state index in [-0.39, 0.29) is 17.4 Å². The number of anilines is 1. The first-order chi connectivity index (χ1) is 11.9. The fourth-order valence-corrected chi connectivity index (χ4v) is 4.19. The highest BCUT2D eigenvalue weighted by Gasteiger charge is 2.25. The van der Waals surface area contributed by atoms with Gasteiger partial charge in [-0.3, -0.25) is 9.52 Å². The molecule has 0 bridgehead atoms. The molecule has 2 aromatic rings. The fraction of sp³-hybridized carbons (Fsp3) is 0.250. The van der Waals surface area contributed by atoms with Crippen molar-refractivity contribution >= 4 is 32.5 Å². The Morgan fingerprint density at radius 2 is 2.12 bits per heavy atom. The van der Waals surface area contributed by atoms with Gasteiger partial charge in [0.1, 0.15) is 11.1 Å². The second kappa shape index (κ2) is 8.21. The third-order valence-electron chi connectivity index (χ3n) is 3.13. The smallest absolute Gasteiger partial charge is 0.312 e. The molecule has 0 radical (unpaired) electrons. The Morgan fingerprint density at radius 3 is 2.72 bits per heavy atom. The number of hydrogen-bond donors (Lipinski definition) is 1. The minimum absolute atomic E-state index is 0.0399. The Morgan fingerprint density at radius 1 is 1.44 bits per heavy atom. The third-order valence-corrected chi connectivity index (χ3v) is 5.61. The molecule has 1 aromatic heterocycles. The van der Waals surface area contributed by atoms with Crippen LogP contribution in [0.1, 0.15) is 30.6 Å². The molecule has 0 spiro atoms. The van der Waals surface area contributed by atoms with Crippen molar-refractivity contribution in [1.82, 2.24) is 4.98 Å². The second-order valence-corrected chi connectivity index (χ2v) is 7.73. The highest BCUT2D eigenvalue weighted by Crippen LogP contribution is 2.28. The van der Waals surface area contributed by atoms with Crippen molar-refractivity contribution < 1.29 is 22.3 Å². The highest BCUT2D eigenvalue weighted by molar-refractivity contribution is 7.93. The van der Waals surface area contributed by atoms with E-state index in [4.69, 9.17) is 4.74 Å². The summed E-state index contributed by atoms with van der Waals surface area (Å²) in [5.41, 5.74) is 0.370. The molecule has 0 aliphatic rings. The molecule has 0 amide bonds. The lowest BCUT2D eigenvalue weighted by Gasteiger charge is -2.14. The Hall–Kier alpha value is -2.26.